The molecule has 1 amide bonds. The predicted molar refractivity (Wildman–Crippen MR) is 73.7 cm³/mol. The predicted octanol–water partition coefficient (Wildman–Crippen LogP) is 2.17. The molecule has 0 aliphatic rings. The molecule has 0 bridgehead atoms. The second-order valence-electron chi connectivity index (χ2n) is 4.81. The Bertz CT molecular complexity index is 501. The first-order valence-corrected chi connectivity index (χ1v) is 6.32. The summed E-state index contributed by atoms with van der Waals surface area (Å²) in [5.74, 6) is -0.0855. The first-order valence-electron chi connectivity index (χ1n) is 6.32. The summed E-state index contributed by atoms with van der Waals surface area (Å²) in [6, 6.07) is 3.81. The summed E-state index contributed by atoms with van der Waals surface area (Å²) in [4.78, 5) is 11.5. The first kappa shape index (κ1) is 15.9. The van der Waals surface area contributed by atoms with E-state index in [1.54, 1.807) is 0 Å². The van der Waals surface area contributed by atoms with Crippen LogP contribution in [0.4, 0.5) is 4.39 Å². The van der Waals surface area contributed by atoms with Crippen LogP contribution in [-0.2, 0) is 4.79 Å². The Labute approximate surface area is 117 Å². The summed E-state index contributed by atoms with van der Waals surface area (Å²) in [5, 5.41) is 14.5. The van der Waals surface area contributed by atoms with E-state index in [4.69, 9.17) is 9.94 Å². The van der Waals surface area contributed by atoms with E-state index in [-0.39, 0.29) is 18.2 Å². The van der Waals surface area contributed by atoms with Crippen LogP contribution in [0.25, 0.3) is 0 Å². The van der Waals surface area contributed by atoms with Crippen molar-refractivity contribution in [3.63, 3.8) is 0 Å². The third-order valence-electron chi connectivity index (χ3n) is 2.55. The van der Waals surface area contributed by atoms with Crippen LogP contribution in [0.1, 0.15) is 26.3 Å². The molecule has 1 aromatic carbocycles. The van der Waals surface area contributed by atoms with E-state index in [0.717, 1.165) is 0 Å². The van der Waals surface area contributed by atoms with E-state index in [0.29, 0.717) is 23.8 Å². The quantitative estimate of drug-likeness (QED) is 0.477. The van der Waals surface area contributed by atoms with Crippen LogP contribution in [0.3, 0.4) is 0 Å². The number of carbonyl (C=O) groups excluding carboxylic acids is 1. The van der Waals surface area contributed by atoms with E-state index in [1.165, 1.54) is 25.1 Å². The van der Waals surface area contributed by atoms with Gasteiger partial charge in [-0.05, 0) is 31.0 Å². The summed E-state index contributed by atoms with van der Waals surface area (Å²) in [7, 11) is 0. The highest BCUT2D eigenvalue weighted by atomic mass is 19.1. The van der Waals surface area contributed by atoms with Crippen molar-refractivity contribution in [3.05, 3.63) is 29.6 Å². The molecule has 5 nitrogen and oxygen atoms in total. The highest BCUT2D eigenvalue weighted by molar-refractivity contribution is 6.00. The SMILES string of the molecule is C/C(=N\O)c1cc(F)ccc1OCC(=O)NCC(C)C. The Hall–Kier alpha value is -2.11. The molecule has 0 fully saturated rings. The minimum Gasteiger partial charge on any atom is -0.483 e. The molecule has 20 heavy (non-hydrogen) atoms. The Kier molecular flexibility index (Phi) is 5.96. The molecule has 6 heteroatoms. The minimum atomic E-state index is -0.473. The third-order valence-corrected chi connectivity index (χ3v) is 2.55. The molecule has 0 unspecified atom stereocenters. The lowest BCUT2D eigenvalue weighted by Crippen LogP contribution is -2.31. The monoisotopic (exact) mass is 282 g/mol. The number of hydrogen-bond acceptors (Lipinski definition) is 4. The minimum absolute atomic E-state index is 0.177. The van der Waals surface area contributed by atoms with E-state index < -0.39 is 5.82 Å². The van der Waals surface area contributed by atoms with Gasteiger partial charge in [-0.15, -0.1) is 0 Å². The second-order valence-corrected chi connectivity index (χ2v) is 4.81. The zero-order valence-corrected chi connectivity index (χ0v) is 11.8. The molecule has 0 saturated carbocycles. The maximum Gasteiger partial charge on any atom is 0.257 e. The van der Waals surface area contributed by atoms with Crippen LogP contribution in [0.2, 0.25) is 0 Å². The smallest absolute Gasteiger partial charge is 0.257 e. The molecule has 0 heterocycles. The van der Waals surface area contributed by atoms with Crippen molar-refractivity contribution >= 4 is 11.6 Å². The molecule has 110 valence electrons. The number of rotatable bonds is 6. The number of hydrogen-bond donors (Lipinski definition) is 2. The summed E-state index contributed by atoms with van der Waals surface area (Å²) in [6.07, 6.45) is 0. The molecule has 0 radical (unpaired) electrons. The number of benzene rings is 1. The van der Waals surface area contributed by atoms with E-state index in [2.05, 4.69) is 10.5 Å². The van der Waals surface area contributed by atoms with Crippen molar-refractivity contribution in [2.45, 2.75) is 20.8 Å². The van der Waals surface area contributed by atoms with Crippen LogP contribution in [0.5, 0.6) is 5.75 Å². The summed E-state index contributed by atoms with van der Waals surface area (Å²) in [5.41, 5.74) is 0.520. The van der Waals surface area contributed by atoms with Gasteiger partial charge in [0.2, 0.25) is 0 Å². The van der Waals surface area contributed by atoms with Gasteiger partial charge in [0.15, 0.2) is 6.61 Å². The molecule has 0 aliphatic heterocycles. The largest absolute Gasteiger partial charge is 0.483 e. The number of nitrogens with zero attached hydrogens (tertiary/aromatic N) is 1. The zero-order chi connectivity index (χ0) is 15.1. The normalized spacial score (nSPS) is 11.6. The summed E-state index contributed by atoms with van der Waals surface area (Å²) in [6.45, 7) is 5.88. The van der Waals surface area contributed by atoms with Gasteiger partial charge < -0.3 is 15.3 Å². The Morgan fingerprint density at radius 3 is 2.80 bits per heavy atom. The number of ether oxygens (including phenoxy) is 1. The average Bonchev–Trinajstić information content (AvgIpc) is 2.42. The van der Waals surface area contributed by atoms with Gasteiger partial charge in [-0.25, -0.2) is 4.39 Å². The van der Waals surface area contributed by atoms with Crippen molar-refractivity contribution in [2.75, 3.05) is 13.2 Å². The zero-order valence-electron chi connectivity index (χ0n) is 11.8. The Morgan fingerprint density at radius 2 is 2.20 bits per heavy atom. The molecule has 0 spiro atoms. The number of nitrogens with one attached hydrogen (secondary N) is 1. The van der Waals surface area contributed by atoms with Gasteiger partial charge in [0.1, 0.15) is 11.6 Å². The Balaban J connectivity index is 2.70. The highest BCUT2D eigenvalue weighted by Crippen LogP contribution is 2.20. The van der Waals surface area contributed by atoms with E-state index >= 15 is 0 Å². The molecule has 0 atom stereocenters. The molecule has 1 aromatic rings. The molecule has 0 aromatic heterocycles. The topological polar surface area (TPSA) is 70.9 Å². The molecule has 0 aliphatic carbocycles. The van der Waals surface area contributed by atoms with Gasteiger partial charge in [-0.3, -0.25) is 4.79 Å². The lowest BCUT2D eigenvalue weighted by molar-refractivity contribution is -0.123. The van der Waals surface area contributed by atoms with Crippen molar-refractivity contribution in [1.82, 2.24) is 5.32 Å². The summed E-state index contributed by atoms with van der Waals surface area (Å²) >= 11 is 0. The molecule has 2 N–H and O–H groups in total. The average molecular weight is 282 g/mol. The van der Waals surface area contributed by atoms with Gasteiger partial charge in [-0.1, -0.05) is 19.0 Å². The number of halogens is 1. The van der Waals surface area contributed by atoms with Crippen molar-refractivity contribution in [1.29, 1.82) is 0 Å². The van der Waals surface area contributed by atoms with Crippen molar-refractivity contribution in [2.24, 2.45) is 11.1 Å². The fourth-order valence-corrected chi connectivity index (χ4v) is 1.48. The maximum atomic E-state index is 13.2. The van der Waals surface area contributed by atoms with Gasteiger partial charge in [-0.2, -0.15) is 0 Å². The second kappa shape index (κ2) is 7.47. The Morgan fingerprint density at radius 1 is 1.50 bits per heavy atom. The van der Waals surface area contributed by atoms with Gasteiger partial charge in [0, 0.05) is 12.1 Å². The fourth-order valence-electron chi connectivity index (χ4n) is 1.48. The van der Waals surface area contributed by atoms with E-state index in [9.17, 15) is 9.18 Å². The molecule has 1 rings (SSSR count). The first-order chi connectivity index (χ1) is 9.43. The number of carbonyl (C=O) groups is 1. The maximum absolute atomic E-state index is 13.2. The van der Waals surface area contributed by atoms with Crippen molar-refractivity contribution in [3.8, 4) is 5.75 Å². The van der Waals surface area contributed by atoms with Crippen LogP contribution in [0.15, 0.2) is 23.4 Å². The van der Waals surface area contributed by atoms with Crippen molar-refractivity contribution < 1.29 is 19.1 Å². The lowest BCUT2D eigenvalue weighted by atomic mass is 10.1. The van der Waals surface area contributed by atoms with E-state index in [1.807, 2.05) is 13.8 Å². The molecule has 0 saturated heterocycles. The summed E-state index contributed by atoms with van der Waals surface area (Å²) < 4.78 is 18.5. The highest BCUT2D eigenvalue weighted by Gasteiger charge is 2.11. The molecular formula is C14H19FN2O3. The number of amides is 1. The van der Waals surface area contributed by atoms with Gasteiger partial charge in [0.25, 0.3) is 5.91 Å². The van der Waals surface area contributed by atoms with Crippen LogP contribution in [-0.4, -0.2) is 30.0 Å². The third kappa shape index (κ3) is 4.87. The fraction of sp³-hybridized carbons (Fsp3) is 0.429. The molecular weight excluding hydrogens is 263 g/mol. The lowest BCUT2D eigenvalue weighted by Gasteiger charge is -2.12. The van der Waals surface area contributed by atoms with Crippen LogP contribution in [0, 0.1) is 11.7 Å². The van der Waals surface area contributed by atoms with Crippen LogP contribution < -0.4 is 10.1 Å². The standard InChI is InChI=1S/C14H19FN2O3/c1-9(2)7-16-14(18)8-20-13-5-4-11(15)6-12(13)10(3)17-19/h4-6,9,19H,7-8H2,1-3H3,(H,16,18)/b17-10+. The van der Waals surface area contributed by atoms with Gasteiger partial charge >= 0.3 is 0 Å². The van der Waals surface area contributed by atoms with Crippen LogP contribution >= 0.6 is 0 Å². The van der Waals surface area contributed by atoms with Gasteiger partial charge in [0.05, 0.1) is 5.71 Å². The number of oxime groups is 1.